The number of rotatable bonds is 3. The summed E-state index contributed by atoms with van der Waals surface area (Å²) in [6, 6.07) is 16.2. The molecule has 1 fully saturated rings. The van der Waals surface area contributed by atoms with Gasteiger partial charge in [0.25, 0.3) is 0 Å². The number of methoxy groups -OCH3 is 1. The van der Waals surface area contributed by atoms with Gasteiger partial charge in [0, 0.05) is 29.9 Å². The first kappa shape index (κ1) is 16.4. The van der Waals surface area contributed by atoms with Crippen LogP contribution in [0.4, 0.5) is 5.69 Å². The highest BCUT2D eigenvalue weighted by molar-refractivity contribution is 5.85. The SMILES string of the molecule is COC(=O)[C@@H]1CCCN1c1ccc2c(=O)cc(-c3ccccc3)oc2c1. The fourth-order valence-corrected chi connectivity index (χ4v) is 3.52. The van der Waals surface area contributed by atoms with E-state index in [1.165, 1.54) is 13.2 Å². The number of anilines is 1. The third-order valence-corrected chi connectivity index (χ3v) is 4.83. The molecule has 4 rings (SSSR count). The van der Waals surface area contributed by atoms with Crippen molar-refractivity contribution in [2.45, 2.75) is 18.9 Å². The Morgan fingerprint density at radius 2 is 1.96 bits per heavy atom. The van der Waals surface area contributed by atoms with Crippen molar-refractivity contribution >= 4 is 22.6 Å². The van der Waals surface area contributed by atoms with Crippen LogP contribution in [0.3, 0.4) is 0 Å². The largest absolute Gasteiger partial charge is 0.467 e. The Morgan fingerprint density at radius 3 is 2.73 bits per heavy atom. The van der Waals surface area contributed by atoms with Crippen LogP contribution < -0.4 is 10.3 Å². The molecule has 0 saturated carbocycles. The van der Waals surface area contributed by atoms with Crippen LogP contribution in [0.15, 0.2) is 63.8 Å². The number of fused-ring (bicyclic) bond motifs is 1. The van der Waals surface area contributed by atoms with E-state index in [9.17, 15) is 9.59 Å². The lowest BCUT2D eigenvalue weighted by Gasteiger charge is -2.24. The Morgan fingerprint density at radius 1 is 1.15 bits per heavy atom. The van der Waals surface area contributed by atoms with Crippen molar-refractivity contribution in [3.63, 3.8) is 0 Å². The summed E-state index contributed by atoms with van der Waals surface area (Å²) in [6.45, 7) is 0.772. The molecule has 1 aliphatic heterocycles. The zero-order chi connectivity index (χ0) is 18.1. The summed E-state index contributed by atoms with van der Waals surface area (Å²) in [5.41, 5.74) is 2.15. The molecular formula is C21H19NO4. The molecule has 26 heavy (non-hydrogen) atoms. The first-order chi connectivity index (χ1) is 12.7. The number of benzene rings is 2. The molecule has 1 aliphatic rings. The van der Waals surface area contributed by atoms with Gasteiger partial charge in [0.15, 0.2) is 5.43 Å². The molecule has 132 valence electrons. The summed E-state index contributed by atoms with van der Waals surface area (Å²) in [6.07, 6.45) is 1.69. The first-order valence-electron chi connectivity index (χ1n) is 8.65. The number of carbonyl (C=O) groups is 1. The fraction of sp³-hybridized carbons (Fsp3) is 0.238. The van der Waals surface area contributed by atoms with Crippen molar-refractivity contribution in [1.82, 2.24) is 0 Å². The monoisotopic (exact) mass is 349 g/mol. The van der Waals surface area contributed by atoms with E-state index in [0.717, 1.165) is 30.6 Å². The van der Waals surface area contributed by atoms with Crippen LogP contribution in [-0.4, -0.2) is 25.7 Å². The number of esters is 1. The standard InChI is InChI=1S/C21H19NO4/c1-25-21(24)17-8-5-11-22(17)15-9-10-16-18(23)13-19(26-20(16)12-15)14-6-3-2-4-7-14/h2-4,6-7,9-10,12-13,17H,5,8,11H2,1H3/t17-/m0/s1. The number of ether oxygens (including phenoxy) is 1. The lowest BCUT2D eigenvalue weighted by Crippen LogP contribution is -2.36. The van der Waals surface area contributed by atoms with Crippen LogP contribution in [0.2, 0.25) is 0 Å². The first-order valence-corrected chi connectivity index (χ1v) is 8.65. The van der Waals surface area contributed by atoms with Gasteiger partial charge < -0.3 is 14.1 Å². The minimum absolute atomic E-state index is 0.0809. The third-order valence-electron chi connectivity index (χ3n) is 4.83. The highest BCUT2D eigenvalue weighted by Gasteiger charge is 2.31. The van der Waals surface area contributed by atoms with Gasteiger partial charge in [-0.3, -0.25) is 4.79 Å². The second-order valence-electron chi connectivity index (χ2n) is 6.40. The summed E-state index contributed by atoms with van der Waals surface area (Å²) in [5, 5.41) is 0.530. The minimum atomic E-state index is -0.290. The number of nitrogens with zero attached hydrogens (tertiary/aromatic N) is 1. The Kier molecular flexibility index (Phi) is 4.21. The second-order valence-corrected chi connectivity index (χ2v) is 6.40. The predicted octanol–water partition coefficient (Wildman–Crippen LogP) is 3.60. The van der Waals surface area contributed by atoms with Gasteiger partial charge >= 0.3 is 5.97 Å². The molecule has 5 heteroatoms. The molecule has 0 N–H and O–H groups in total. The molecule has 0 amide bonds. The van der Waals surface area contributed by atoms with Crippen molar-refractivity contribution in [2.24, 2.45) is 0 Å². The van der Waals surface area contributed by atoms with E-state index in [0.29, 0.717) is 16.7 Å². The molecule has 1 saturated heterocycles. The van der Waals surface area contributed by atoms with Gasteiger partial charge in [-0.15, -0.1) is 0 Å². The van der Waals surface area contributed by atoms with Crippen LogP contribution in [0, 0.1) is 0 Å². The van der Waals surface area contributed by atoms with E-state index < -0.39 is 0 Å². The molecule has 3 aromatic rings. The van der Waals surface area contributed by atoms with Gasteiger partial charge in [-0.2, -0.15) is 0 Å². The van der Waals surface area contributed by atoms with Crippen LogP contribution in [-0.2, 0) is 9.53 Å². The van der Waals surface area contributed by atoms with E-state index in [4.69, 9.17) is 9.15 Å². The molecule has 1 aromatic heterocycles. The number of hydrogen-bond donors (Lipinski definition) is 0. The molecule has 0 bridgehead atoms. The van der Waals surface area contributed by atoms with Crippen molar-refractivity contribution in [3.05, 3.63) is 64.8 Å². The Balaban J connectivity index is 1.79. The summed E-state index contributed by atoms with van der Waals surface area (Å²) >= 11 is 0. The zero-order valence-electron chi connectivity index (χ0n) is 14.5. The summed E-state index contributed by atoms with van der Waals surface area (Å²) < 4.78 is 10.9. The van der Waals surface area contributed by atoms with Gasteiger partial charge in [-0.25, -0.2) is 4.79 Å². The van der Waals surface area contributed by atoms with Gasteiger partial charge in [0.05, 0.1) is 12.5 Å². The average molecular weight is 349 g/mol. The minimum Gasteiger partial charge on any atom is -0.467 e. The molecule has 0 spiro atoms. The van der Waals surface area contributed by atoms with E-state index in [-0.39, 0.29) is 17.4 Å². The lowest BCUT2D eigenvalue weighted by molar-refractivity contribution is -0.141. The van der Waals surface area contributed by atoms with Crippen LogP contribution in [0.1, 0.15) is 12.8 Å². The van der Waals surface area contributed by atoms with Gasteiger partial charge in [0.2, 0.25) is 0 Å². The van der Waals surface area contributed by atoms with E-state index in [1.807, 2.05) is 47.4 Å². The molecule has 0 unspecified atom stereocenters. The Bertz CT molecular complexity index is 1010. The average Bonchev–Trinajstić information content (AvgIpc) is 3.17. The van der Waals surface area contributed by atoms with Crippen molar-refractivity contribution in [1.29, 1.82) is 0 Å². The molecule has 2 heterocycles. The highest BCUT2D eigenvalue weighted by atomic mass is 16.5. The Labute approximate surface area is 150 Å². The molecule has 0 aliphatic carbocycles. The van der Waals surface area contributed by atoms with Crippen molar-refractivity contribution in [3.8, 4) is 11.3 Å². The van der Waals surface area contributed by atoms with E-state index in [2.05, 4.69) is 0 Å². The number of carbonyl (C=O) groups excluding carboxylic acids is 1. The maximum Gasteiger partial charge on any atom is 0.328 e. The van der Waals surface area contributed by atoms with Gasteiger partial charge in [0.1, 0.15) is 17.4 Å². The number of hydrogen-bond acceptors (Lipinski definition) is 5. The summed E-state index contributed by atoms with van der Waals surface area (Å²) in [7, 11) is 1.41. The van der Waals surface area contributed by atoms with E-state index >= 15 is 0 Å². The van der Waals surface area contributed by atoms with Gasteiger partial charge in [-0.1, -0.05) is 30.3 Å². The summed E-state index contributed by atoms with van der Waals surface area (Å²) in [4.78, 5) is 26.5. The smallest absolute Gasteiger partial charge is 0.328 e. The van der Waals surface area contributed by atoms with Crippen LogP contribution >= 0.6 is 0 Å². The molecule has 1 atom stereocenters. The van der Waals surface area contributed by atoms with Crippen molar-refractivity contribution in [2.75, 3.05) is 18.6 Å². The predicted molar refractivity (Wildman–Crippen MR) is 100 cm³/mol. The molecule has 2 aromatic carbocycles. The third kappa shape index (κ3) is 2.86. The highest BCUT2D eigenvalue weighted by Crippen LogP contribution is 2.30. The van der Waals surface area contributed by atoms with Crippen LogP contribution in [0.5, 0.6) is 0 Å². The zero-order valence-corrected chi connectivity index (χ0v) is 14.5. The van der Waals surface area contributed by atoms with Crippen LogP contribution in [0.25, 0.3) is 22.3 Å². The maximum atomic E-state index is 12.5. The van der Waals surface area contributed by atoms with Crippen molar-refractivity contribution < 1.29 is 13.9 Å². The second kappa shape index (κ2) is 6.67. The molecule has 0 radical (unpaired) electrons. The summed E-state index contributed by atoms with van der Waals surface area (Å²) in [5.74, 6) is 0.299. The quantitative estimate of drug-likeness (QED) is 0.676. The maximum absolute atomic E-state index is 12.5. The molecular weight excluding hydrogens is 330 g/mol. The normalized spacial score (nSPS) is 16.8. The fourth-order valence-electron chi connectivity index (χ4n) is 3.52. The Hall–Kier alpha value is -3.08. The van der Waals surface area contributed by atoms with E-state index in [1.54, 1.807) is 6.07 Å². The molecule has 5 nitrogen and oxygen atoms in total. The van der Waals surface area contributed by atoms with Gasteiger partial charge in [-0.05, 0) is 25.0 Å². The topological polar surface area (TPSA) is 59.8 Å². The lowest BCUT2D eigenvalue weighted by atomic mass is 10.1.